The van der Waals surface area contributed by atoms with Gasteiger partial charge in [0, 0.05) is 12.6 Å². The second-order valence-electron chi connectivity index (χ2n) is 4.35. The van der Waals surface area contributed by atoms with Crippen molar-refractivity contribution in [3.63, 3.8) is 0 Å². The summed E-state index contributed by atoms with van der Waals surface area (Å²) in [5, 5.41) is 28.8. The van der Waals surface area contributed by atoms with Gasteiger partial charge in [0.1, 0.15) is 5.56 Å². The van der Waals surface area contributed by atoms with E-state index in [4.69, 9.17) is 5.11 Å². The van der Waals surface area contributed by atoms with Crippen LogP contribution in [0.25, 0.3) is 0 Å². The van der Waals surface area contributed by atoms with Gasteiger partial charge in [0.15, 0.2) is 5.82 Å². The van der Waals surface area contributed by atoms with Crippen LogP contribution in [0.15, 0.2) is 0 Å². The predicted octanol–water partition coefficient (Wildman–Crippen LogP) is 1.36. The number of aromatic nitrogens is 2. The number of rotatable bonds is 6. The molecule has 1 heterocycles. The van der Waals surface area contributed by atoms with Gasteiger partial charge < -0.3 is 15.5 Å². The summed E-state index contributed by atoms with van der Waals surface area (Å²) in [4.78, 5) is 11.2. The molecule has 0 aliphatic carbocycles. The maximum Gasteiger partial charge on any atom is 0.339 e. The Hall–Kier alpha value is -1.69. The fourth-order valence-corrected chi connectivity index (χ4v) is 1.67. The maximum absolute atomic E-state index is 11.2. The van der Waals surface area contributed by atoms with Gasteiger partial charge in [0.25, 0.3) is 0 Å². The number of hydrogen-bond donors (Lipinski definition) is 3. The zero-order chi connectivity index (χ0) is 13.7. The summed E-state index contributed by atoms with van der Waals surface area (Å²) in [5.41, 5.74) is 1.40. The van der Waals surface area contributed by atoms with E-state index in [0.717, 1.165) is 6.42 Å². The van der Waals surface area contributed by atoms with Crippen LogP contribution < -0.4 is 5.32 Å². The molecule has 0 aromatic carbocycles. The molecule has 0 fully saturated rings. The van der Waals surface area contributed by atoms with Crippen LogP contribution in [0.2, 0.25) is 0 Å². The van der Waals surface area contributed by atoms with E-state index in [2.05, 4.69) is 15.5 Å². The molecule has 1 aromatic rings. The van der Waals surface area contributed by atoms with Gasteiger partial charge in [-0.1, -0.05) is 0 Å². The number of aliphatic hydroxyl groups excluding tert-OH is 1. The van der Waals surface area contributed by atoms with E-state index < -0.39 is 5.97 Å². The first-order valence-electron chi connectivity index (χ1n) is 5.92. The van der Waals surface area contributed by atoms with Crippen LogP contribution in [0.3, 0.4) is 0 Å². The third-order valence-corrected chi connectivity index (χ3v) is 2.85. The normalized spacial score (nSPS) is 12.2. The number of carboxylic acid groups (broad SMARTS) is 1. The van der Waals surface area contributed by atoms with E-state index in [-0.39, 0.29) is 24.0 Å². The molecule has 0 spiro atoms. The van der Waals surface area contributed by atoms with Crippen LogP contribution in [0.5, 0.6) is 0 Å². The minimum Gasteiger partial charge on any atom is -0.478 e. The summed E-state index contributed by atoms with van der Waals surface area (Å²) in [7, 11) is 0. The van der Waals surface area contributed by atoms with Gasteiger partial charge in [-0.2, -0.15) is 5.10 Å². The quantitative estimate of drug-likeness (QED) is 0.708. The highest BCUT2D eigenvalue weighted by Gasteiger charge is 2.18. The number of anilines is 1. The van der Waals surface area contributed by atoms with Gasteiger partial charge in [-0.15, -0.1) is 5.10 Å². The number of hydrogen-bond acceptors (Lipinski definition) is 5. The Morgan fingerprint density at radius 2 is 2.06 bits per heavy atom. The largest absolute Gasteiger partial charge is 0.478 e. The Morgan fingerprint density at radius 3 is 2.61 bits per heavy atom. The summed E-state index contributed by atoms with van der Waals surface area (Å²) < 4.78 is 0. The molecule has 6 nitrogen and oxygen atoms in total. The van der Waals surface area contributed by atoms with E-state index in [1.807, 2.05) is 6.92 Å². The van der Waals surface area contributed by atoms with Crippen LogP contribution in [0.4, 0.5) is 5.82 Å². The van der Waals surface area contributed by atoms with E-state index in [1.54, 1.807) is 13.8 Å². The standard InChI is InChI=1S/C12H19N3O3/c1-7(5-4-6-16)13-11-10(12(17)18)8(2)9(3)14-15-11/h7,16H,4-6H2,1-3H3,(H,13,15)(H,17,18). The summed E-state index contributed by atoms with van der Waals surface area (Å²) in [6.45, 7) is 5.49. The molecule has 0 amide bonds. The zero-order valence-electron chi connectivity index (χ0n) is 10.9. The lowest BCUT2D eigenvalue weighted by molar-refractivity contribution is 0.0696. The average Bonchev–Trinajstić information content (AvgIpc) is 2.31. The van der Waals surface area contributed by atoms with Crippen LogP contribution in [0, 0.1) is 13.8 Å². The molecule has 1 aromatic heterocycles. The molecule has 0 radical (unpaired) electrons. The van der Waals surface area contributed by atoms with E-state index in [1.165, 1.54) is 0 Å². The molecular formula is C12H19N3O3. The monoisotopic (exact) mass is 253 g/mol. The molecule has 1 atom stereocenters. The Balaban J connectivity index is 2.95. The number of nitrogens with zero attached hydrogens (tertiary/aromatic N) is 2. The Kier molecular flexibility index (Phi) is 5.03. The van der Waals surface area contributed by atoms with Crippen LogP contribution in [-0.2, 0) is 0 Å². The van der Waals surface area contributed by atoms with Gasteiger partial charge in [-0.25, -0.2) is 4.79 Å². The Morgan fingerprint density at radius 1 is 1.39 bits per heavy atom. The molecule has 100 valence electrons. The zero-order valence-corrected chi connectivity index (χ0v) is 10.9. The van der Waals surface area contributed by atoms with Crippen molar-refractivity contribution < 1.29 is 15.0 Å². The smallest absolute Gasteiger partial charge is 0.339 e. The topological polar surface area (TPSA) is 95.3 Å². The predicted molar refractivity (Wildman–Crippen MR) is 67.9 cm³/mol. The lowest BCUT2D eigenvalue weighted by Crippen LogP contribution is -2.20. The third-order valence-electron chi connectivity index (χ3n) is 2.85. The van der Waals surface area contributed by atoms with Gasteiger partial charge in [-0.3, -0.25) is 0 Å². The van der Waals surface area contributed by atoms with Crippen LogP contribution in [0.1, 0.15) is 41.4 Å². The number of carbonyl (C=O) groups is 1. The fourth-order valence-electron chi connectivity index (χ4n) is 1.67. The van der Waals surface area contributed by atoms with Crippen molar-refractivity contribution in [3.05, 3.63) is 16.8 Å². The third kappa shape index (κ3) is 3.40. The molecule has 6 heteroatoms. The molecule has 0 saturated carbocycles. The lowest BCUT2D eigenvalue weighted by atomic mass is 10.1. The minimum atomic E-state index is -1.01. The average molecular weight is 253 g/mol. The molecule has 3 N–H and O–H groups in total. The molecule has 1 rings (SSSR count). The van der Waals surface area contributed by atoms with Crippen molar-refractivity contribution in [3.8, 4) is 0 Å². The summed E-state index contributed by atoms with van der Waals surface area (Å²) in [5.74, 6) is -0.724. The SMILES string of the molecule is Cc1nnc(NC(C)CCCO)c(C(=O)O)c1C. The first kappa shape index (κ1) is 14.4. The maximum atomic E-state index is 11.2. The van der Waals surface area contributed by atoms with Crippen molar-refractivity contribution in [2.45, 2.75) is 39.7 Å². The van der Waals surface area contributed by atoms with Gasteiger partial charge >= 0.3 is 5.97 Å². The first-order valence-corrected chi connectivity index (χ1v) is 5.92. The van der Waals surface area contributed by atoms with Crippen molar-refractivity contribution in [2.24, 2.45) is 0 Å². The Labute approximate surface area is 106 Å². The lowest BCUT2D eigenvalue weighted by Gasteiger charge is -2.16. The highest BCUT2D eigenvalue weighted by molar-refractivity contribution is 5.94. The van der Waals surface area contributed by atoms with E-state index >= 15 is 0 Å². The number of nitrogens with one attached hydrogen (secondary N) is 1. The fraction of sp³-hybridized carbons (Fsp3) is 0.583. The molecule has 0 bridgehead atoms. The summed E-state index contributed by atoms with van der Waals surface area (Å²) in [6, 6.07) is 0.0339. The summed E-state index contributed by atoms with van der Waals surface area (Å²) in [6.07, 6.45) is 1.40. The van der Waals surface area contributed by atoms with Crippen molar-refractivity contribution in [2.75, 3.05) is 11.9 Å². The minimum absolute atomic E-state index is 0.0339. The number of carboxylic acids is 1. The molecule has 18 heavy (non-hydrogen) atoms. The van der Waals surface area contributed by atoms with E-state index in [9.17, 15) is 9.90 Å². The van der Waals surface area contributed by atoms with Crippen LogP contribution in [-0.4, -0.2) is 39.0 Å². The van der Waals surface area contributed by atoms with E-state index in [0.29, 0.717) is 17.7 Å². The second kappa shape index (κ2) is 6.30. The molecule has 0 aliphatic rings. The van der Waals surface area contributed by atoms with Gasteiger partial charge in [0.2, 0.25) is 0 Å². The Bertz CT molecular complexity index is 435. The number of aryl methyl sites for hydroxylation is 1. The molecule has 0 saturated heterocycles. The van der Waals surface area contributed by atoms with Crippen molar-refractivity contribution >= 4 is 11.8 Å². The highest BCUT2D eigenvalue weighted by atomic mass is 16.4. The molecule has 0 aliphatic heterocycles. The van der Waals surface area contributed by atoms with Crippen molar-refractivity contribution in [1.29, 1.82) is 0 Å². The second-order valence-corrected chi connectivity index (χ2v) is 4.35. The van der Waals surface area contributed by atoms with Gasteiger partial charge in [-0.05, 0) is 39.2 Å². The highest BCUT2D eigenvalue weighted by Crippen LogP contribution is 2.19. The molecule has 1 unspecified atom stereocenters. The molecular weight excluding hydrogens is 234 g/mol. The van der Waals surface area contributed by atoms with Crippen LogP contribution >= 0.6 is 0 Å². The van der Waals surface area contributed by atoms with Crippen molar-refractivity contribution in [1.82, 2.24) is 10.2 Å². The van der Waals surface area contributed by atoms with Gasteiger partial charge in [0.05, 0.1) is 5.69 Å². The first-order chi connectivity index (χ1) is 8.47. The number of aromatic carboxylic acids is 1. The number of aliphatic hydroxyl groups is 1. The summed E-state index contributed by atoms with van der Waals surface area (Å²) >= 11 is 0.